The molecule has 1 unspecified atom stereocenters. The fourth-order valence-corrected chi connectivity index (χ4v) is 2.88. The summed E-state index contributed by atoms with van der Waals surface area (Å²) < 4.78 is 5.25. The summed E-state index contributed by atoms with van der Waals surface area (Å²) in [7, 11) is 0. The number of carbonyl (C=O) groups is 1. The highest BCUT2D eigenvalue weighted by molar-refractivity contribution is 7.11. The van der Waals surface area contributed by atoms with E-state index in [9.17, 15) is 4.79 Å². The van der Waals surface area contributed by atoms with Crippen molar-refractivity contribution in [3.8, 4) is 0 Å². The summed E-state index contributed by atoms with van der Waals surface area (Å²) in [6, 6.07) is -0.178. The van der Waals surface area contributed by atoms with Crippen LogP contribution in [0.5, 0.6) is 0 Å². The summed E-state index contributed by atoms with van der Waals surface area (Å²) in [6.45, 7) is 9.31. The number of carbonyl (C=O) groups excluding carboxylic acids is 1. The molecule has 19 heavy (non-hydrogen) atoms. The minimum Gasteiger partial charge on any atom is -0.378 e. The van der Waals surface area contributed by atoms with Crippen molar-refractivity contribution in [3.05, 3.63) is 15.6 Å². The molecule has 0 spiro atoms. The van der Waals surface area contributed by atoms with Gasteiger partial charge in [0.15, 0.2) is 0 Å². The van der Waals surface area contributed by atoms with Crippen molar-refractivity contribution in [2.24, 2.45) is 0 Å². The molecule has 1 aromatic heterocycles. The minimum absolute atomic E-state index is 0.147. The van der Waals surface area contributed by atoms with Gasteiger partial charge in [0.05, 0.1) is 24.9 Å². The van der Waals surface area contributed by atoms with E-state index in [1.807, 2.05) is 18.7 Å². The zero-order valence-electron chi connectivity index (χ0n) is 11.7. The van der Waals surface area contributed by atoms with Crippen LogP contribution in [-0.4, -0.2) is 48.1 Å². The van der Waals surface area contributed by atoms with Gasteiger partial charge in [-0.3, -0.25) is 10.1 Å². The monoisotopic (exact) mass is 283 g/mol. The van der Waals surface area contributed by atoms with Crippen molar-refractivity contribution in [1.29, 1.82) is 0 Å². The van der Waals surface area contributed by atoms with Crippen LogP contribution in [0, 0.1) is 13.8 Å². The summed E-state index contributed by atoms with van der Waals surface area (Å²) in [6.07, 6.45) is 0. The molecule has 1 aliphatic heterocycles. The van der Waals surface area contributed by atoms with E-state index in [4.69, 9.17) is 4.74 Å². The van der Waals surface area contributed by atoms with Gasteiger partial charge >= 0.3 is 0 Å². The Balaban J connectivity index is 1.83. The molecule has 1 aliphatic rings. The molecule has 0 bridgehead atoms. The van der Waals surface area contributed by atoms with Crippen molar-refractivity contribution in [2.45, 2.75) is 33.4 Å². The molecule has 1 aromatic rings. The van der Waals surface area contributed by atoms with Crippen LogP contribution in [0.25, 0.3) is 0 Å². The number of nitrogens with one attached hydrogen (secondary N) is 1. The van der Waals surface area contributed by atoms with Crippen molar-refractivity contribution in [2.75, 3.05) is 26.3 Å². The predicted molar refractivity (Wildman–Crippen MR) is 75.3 cm³/mol. The first-order valence-electron chi connectivity index (χ1n) is 6.60. The molecule has 0 aliphatic carbocycles. The van der Waals surface area contributed by atoms with Crippen LogP contribution in [0.1, 0.15) is 22.5 Å². The zero-order valence-corrected chi connectivity index (χ0v) is 12.5. The lowest BCUT2D eigenvalue weighted by Crippen LogP contribution is -2.49. The van der Waals surface area contributed by atoms with Gasteiger partial charge in [-0.1, -0.05) is 0 Å². The van der Waals surface area contributed by atoms with Crippen LogP contribution in [0.15, 0.2) is 0 Å². The predicted octanol–water partition coefficient (Wildman–Crippen LogP) is 1.10. The third-order valence-electron chi connectivity index (χ3n) is 3.33. The zero-order chi connectivity index (χ0) is 13.8. The maximum absolute atomic E-state index is 12.2. The first-order chi connectivity index (χ1) is 9.08. The molecule has 2 heterocycles. The number of rotatable bonds is 4. The molecule has 0 saturated carbocycles. The molecule has 1 saturated heterocycles. The Morgan fingerprint density at radius 3 is 2.74 bits per heavy atom. The number of aryl methyl sites for hydroxylation is 2. The van der Waals surface area contributed by atoms with Gasteiger partial charge < -0.3 is 9.64 Å². The number of hydrogen-bond donors (Lipinski definition) is 1. The molecule has 5 nitrogen and oxygen atoms in total. The SMILES string of the molecule is Cc1nc(CNC(C)C(=O)N2CCOCC2)sc1C. The summed E-state index contributed by atoms with van der Waals surface area (Å²) in [5.74, 6) is 0.147. The first-order valence-corrected chi connectivity index (χ1v) is 7.42. The Morgan fingerprint density at radius 2 is 2.16 bits per heavy atom. The molecule has 2 rings (SSSR count). The second-order valence-corrected chi connectivity index (χ2v) is 6.08. The van der Waals surface area contributed by atoms with Gasteiger partial charge in [-0.15, -0.1) is 11.3 Å². The third-order valence-corrected chi connectivity index (χ3v) is 4.40. The van der Waals surface area contributed by atoms with E-state index in [1.165, 1.54) is 4.88 Å². The number of nitrogens with zero attached hydrogens (tertiary/aromatic N) is 2. The Hall–Kier alpha value is -0.980. The second kappa shape index (κ2) is 6.45. The summed E-state index contributed by atoms with van der Waals surface area (Å²) in [5, 5.41) is 4.29. The van der Waals surface area contributed by atoms with Crippen LogP contribution in [0.4, 0.5) is 0 Å². The van der Waals surface area contributed by atoms with Crippen molar-refractivity contribution < 1.29 is 9.53 Å². The highest BCUT2D eigenvalue weighted by Gasteiger charge is 2.22. The lowest BCUT2D eigenvalue weighted by atomic mass is 10.2. The average molecular weight is 283 g/mol. The van der Waals surface area contributed by atoms with Gasteiger partial charge in [0.1, 0.15) is 5.01 Å². The quantitative estimate of drug-likeness (QED) is 0.899. The molecule has 106 valence electrons. The van der Waals surface area contributed by atoms with E-state index in [2.05, 4.69) is 17.2 Å². The van der Waals surface area contributed by atoms with Crippen LogP contribution in [-0.2, 0) is 16.1 Å². The second-order valence-electron chi connectivity index (χ2n) is 4.79. The highest BCUT2D eigenvalue weighted by atomic mass is 32.1. The van der Waals surface area contributed by atoms with E-state index >= 15 is 0 Å². The normalized spacial score (nSPS) is 17.5. The molecule has 0 aromatic carbocycles. The van der Waals surface area contributed by atoms with Gasteiger partial charge in [-0.05, 0) is 20.8 Å². The lowest BCUT2D eigenvalue weighted by molar-refractivity contribution is -0.137. The van der Waals surface area contributed by atoms with E-state index in [0.29, 0.717) is 32.8 Å². The largest absolute Gasteiger partial charge is 0.378 e. The maximum atomic E-state index is 12.2. The summed E-state index contributed by atoms with van der Waals surface area (Å²) in [5.41, 5.74) is 1.08. The third kappa shape index (κ3) is 3.75. The van der Waals surface area contributed by atoms with Gasteiger partial charge in [-0.2, -0.15) is 0 Å². The Bertz CT molecular complexity index is 422. The highest BCUT2D eigenvalue weighted by Crippen LogP contribution is 2.16. The van der Waals surface area contributed by atoms with Gasteiger partial charge in [-0.25, -0.2) is 4.98 Å². The smallest absolute Gasteiger partial charge is 0.239 e. The number of aromatic nitrogens is 1. The van der Waals surface area contributed by atoms with Crippen LogP contribution in [0.2, 0.25) is 0 Å². The Labute approximate surface area is 118 Å². The Morgan fingerprint density at radius 1 is 1.47 bits per heavy atom. The van der Waals surface area contributed by atoms with E-state index in [-0.39, 0.29) is 11.9 Å². The van der Waals surface area contributed by atoms with Crippen molar-refractivity contribution in [3.63, 3.8) is 0 Å². The lowest BCUT2D eigenvalue weighted by Gasteiger charge is -2.29. The van der Waals surface area contributed by atoms with Crippen LogP contribution >= 0.6 is 11.3 Å². The van der Waals surface area contributed by atoms with Gasteiger partial charge in [0.25, 0.3) is 0 Å². The van der Waals surface area contributed by atoms with Gasteiger partial charge in [0.2, 0.25) is 5.91 Å². The van der Waals surface area contributed by atoms with Crippen LogP contribution in [0.3, 0.4) is 0 Å². The summed E-state index contributed by atoms with van der Waals surface area (Å²) in [4.78, 5) is 19.7. The molecule has 1 fully saturated rings. The number of morpholine rings is 1. The fraction of sp³-hybridized carbons (Fsp3) is 0.692. The molecular weight excluding hydrogens is 262 g/mol. The van der Waals surface area contributed by atoms with Gasteiger partial charge in [0, 0.05) is 24.5 Å². The fourth-order valence-electron chi connectivity index (χ4n) is 2.00. The molecule has 0 radical (unpaired) electrons. The van der Waals surface area contributed by atoms with Crippen LogP contribution < -0.4 is 5.32 Å². The standard InChI is InChI=1S/C13H21N3O2S/c1-9-11(3)19-12(15-9)8-14-10(2)13(17)16-4-6-18-7-5-16/h10,14H,4-8H2,1-3H3. The van der Waals surface area contributed by atoms with Crippen molar-refractivity contribution >= 4 is 17.2 Å². The minimum atomic E-state index is -0.178. The molecule has 6 heteroatoms. The molecule has 1 N–H and O–H groups in total. The Kier molecular flexibility index (Phi) is 4.90. The molecule has 1 atom stereocenters. The van der Waals surface area contributed by atoms with E-state index in [1.54, 1.807) is 11.3 Å². The summed E-state index contributed by atoms with van der Waals surface area (Å²) >= 11 is 1.69. The van der Waals surface area contributed by atoms with E-state index in [0.717, 1.165) is 10.7 Å². The maximum Gasteiger partial charge on any atom is 0.239 e. The number of hydrogen-bond acceptors (Lipinski definition) is 5. The molecular formula is C13H21N3O2S. The molecule has 1 amide bonds. The average Bonchev–Trinajstić information content (AvgIpc) is 2.75. The number of ether oxygens (including phenoxy) is 1. The van der Waals surface area contributed by atoms with Crippen molar-refractivity contribution in [1.82, 2.24) is 15.2 Å². The van der Waals surface area contributed by atoms with E-state index < -0.39 is 0 Å². The number of amides is 1. The topological polar surface area (TPSA) is 54.5 Å². The number of thiazole rings is 1. The first kappa shape index (κ1) is 14.4.